The van der Waals surface area contributed by atoms with Gasteiger partial charge in [-0.05, 0) is 62.3 Å². The molecular formula is C21H26O. The maximum absolute atomic E-state index is 10.5. The van der Waals surface area contributed by atoms with Crippen LogP contribution in [0.4, 0.5) is 0 Å². The minimum absolute atomic E-state index is 0.182. The van der Waals surface area contributed by atoms with Gasteiger partial charge >= 0.3 is 0 Å². The molecule has 22 heavy (non-hydrogen) atoms. The van der Waals surface area contributed by atoms with Gasteiger partial charge in [0.15, 0.2) is 0 Å². The first-order valence-electron chi connectivity index (χ1n) is 8.00. The van der Waals surface area contributed by atoms with Crippen LogP contribution < -0.4 is 0 Å². The molecule has 0 radical (unpaired) electrons. The first-order chi connectivity index (χ1) is 10.3. The summed E-state index contributed by atoms with van der Waals surface area (Å²) in [5.74, 6) is 5.99. The van der Waals surface area contributed by atoms with E-state index in [9.17, 15) is 5.11 Å². The number of rotatable bonds is 2. The van der Waals surface area contributed by atoms with E-state index in [0.29, 0.717) is 0 Å². The van der Waals surface area contributed by atoms with Crippen LogP contribution >= 0.6 is 0 Å². The SMILES string of the molecule is CC1=C(/C=C/C(C)(O)C#Cc2ccccc2)C(C)(C)CCC1. The lowest BCUT2D eigenvalue weighted by molar-refractivity contribution is 0.174. The van der Waals surface area contributed by atoms with Crippen LogP contribution in [0.15, 0.2) is 53.6 Å². The van der Waals surface area contributed by atoms with Crippen molar-refractivity contribution in [3.63, 3.8) is 0 Å². The lowest BCUT2D eigenvalue weighted by atomic mass is 9.72. The van der Waals surface area contributed by atoms with Gasteiger partial charge in [-0.2, -0.15) is 0 Å². The number of benzene rings is 1. The first kappa shape index (κ1) is 16.6. The van der Waals surface area contributed by atoms with Crippen molar-refractivity contribution in [2.45, 2.75) is 52.6 Å². The maximum atomic E-state index is 10.5. The van der Waals surface area contributed by atoms with Crippen LogP contribution in [0.1, 0.15) is 52.5 Å². The summed E-state index contributed by atoms with van der Waals surface area (Å²) in [6, 6.07) is 9.76. The summed E-state index contributed by atoms with van der Waals surface area (Å²) in [6.45, 7) is 8.50. The minimum Gasteiger partial charge on any atom is -0.374 e. The number of hydrogen-bond donors (Lipinski definition) is 1. The summed E-state index contributed by atoms with van der Waals surface area (Å²) in [5, 5.41) is 10.5. The van der Waals surface area contributed by atoms with Crippen molar-refractivity contribution < 1.29 is 5.11 Å². The van der Waals surface area contributed by atoms with Crippen LogP contribution in [-0.2, 0) is 0 Å². The smallest absolute Gasteiger partial charge is 0.142 e. The van der Waals surface area contributed by atoms with E-state index in [1.807, 2.05) is 36.4 Å². The van der Waals surface area contributed by atoms with Crippen LogP contribution in [0.3, 0.4) is 0 Å². The van der Waals surface area contributed by atoms with Gasteiger partial charge in [0, 0.05) is 5.56 Å². The van der Waals surface area contributed by atoms with E-state index in [-0.39, 0.29) is 5.41 Å². The Morgan fingerprint density at radius 2 is 1.91 bits per heavy atom. The fraction of sp³-hybridized carbons (Fsp3) is 0.429. The van der Waals surface area contributed by atoms with E-state index in [0.717, 1.165) is 12.0 Å². The maximum Gasteiger partial charge on any atom is 0.142 e. The summed E-state index contributed by atoms with van der Waals surface area (Å²) in [7, 11) is 0. The molecule has 116 valence electrons. The Balaban J connectivity index is 2.20. The van der Waals surface area contributed by atoms with Crippen LogP contribution in [0.5, 0.6) is 0 Å². The molecule has 0 fully saturated rings. The lowest BCUT2D eigenvalue weighted by Gasteiger charge is -2.33. The van der Waals surface area contributed by atoms with Crippen LogP contribution in [0.25, 0.3) is 0 Å². The van der Waals surface area contributed by atoms with Crippen LogP contribution in [-0.4, -0.2) is 10.7 Å². The average molecular weight is 294 g/mol. The van der Waals surface area contributed by atoms with Crippen molar-refractivity contribution in [3.05, 3.63) is 59.2 Å². The first-order valence-corrected chi connectivity index (χ1v) is 8.00. The van der Waals surface area contributed by atoms with E-state index < -0.39 is 5.60 Å². The van der Waals surface area contributed by atoms with Gasteiger partial charge in [0.05, 0.1) is 0 Å². The topological polar surface area (TPSA) is 20.2 Å². The second-order valence-corrected chi connectivity index (χ2v) is 7.03. The molecule has 1 atom stereocenters. The minimum atomic E-state index is -1.11. The number of aliphatic hydroxyl groups is 1. The van der Waals surface area contributed by atoms with Crippen molar-refractivity contribution in [1.82, 2.24) is 0 Å². The molecule has 2 rings (SSSR count). The molecule has 0 aromatic heterocycles. The third kappa shape index (κ3) is 4.36. The molecule has 0 bridgehead atoms. The highest BCUT2D eigenvalue weighted by atomic mass is 16.3. The predicted molar refractivity (Wildman–Crippen MR) is 93.4 cm³/mol. The Hall–Kier alpha value is -1.78. The van der Waals surface area contributed by atoms with E-state index in [2.05, 4.69) is 38.7 Å². The molecular weight excluding hydrogens is 268 g/mol. The van der Waals surface area contributed by atoms with Crippen molar-refractivity contribution in [2.24, 2.45) is 5.41 Å². The Morgan fingerprint density at radius 3 is 2.55 bits per heavy atom. The Morgan fingerprint density at radius 1 is 1.23 bits per heavy atom. The summed E-state index contributed by atoms with van der Waals surface area (Å²) < 4.78 is 0. The van der Waals surface area contributed by atoms with Crippen molar-refractivity contribution >= 4 is 0 Å². The standard InChI is InChI=1S/C21H26O/c1-17-9-8-14-20(2,3)19(17)13-16-21(4,22)15-12-18-10-6-5-7-11-18/h5-7,10-11,13,16,22H,8-9,14H2,1-4H3/b16-13+. The number of hydrogen-bond acceptors (Lipinski definition) is 1. The largest absolute Gasteiger partial charge is 0.374 e. The molecule has 1 unspecified atom stereocenters. The van der Waals surface area contributed by atoms with Crippen molar-refractivity contribution in [2.75, 3.05) is 0 Å². The highest BCUT2D eigenvalue weighted by molar-refractivity contribution is 5.39. The molecule has 0 saturated heterocycles. The van der Waals surface area contributed by atoms with Crippen LogP contribution in [0, 0.1) is 17.3 Å². The van der Waals surface area contributed by atoms with Gasteiger partial charge in [-0.1, -0.05) is 55.5 Å². The van der Waals surface area contributed by atoms with Crippen molar-refractivity contribution in [1.29, 1.82) is 0 Å². The van der Waals surface area contributed by atoms with E-state index in [1.54, 1.807) is 6.92 Å². The molecule has 0 aliphatic heterocycles. The van der Waals surface area contributed by atoms with E-state index in [4.69, 9.17) is 0 Å². The second kappa shape index (κ2) is 6.55. The lowest BCUT2D eigenvalue weighted by Crippen LogP contribution is -2.21. The Kier molecular flexibility index (Phi) is 4.94. The number of allylic oxidation sites excluding steroid dienone is 3. The normalized spacial score (nSPS) is 20.4. The zero-order valence-corrected chi connectivity index (χ0v) is 14.1. The molecule has 0 saturated carbocycles. The van der Waals surface area contributed by atoms with Gasteiger partial charge in [0.1, 0.15) is 5.60 Å². The predicted octanol–water partition coefficient (Wildman–Crippen LogP) is 4.87. The molecule has 0 spiro atoms. The van der Waals surface area contributed by atoms with Gasteiger partial charge in [0.2, 0.25) is 0 Å². The summed E-state index contributed by atoms with van der Waals surface area (Å²) >= 11 is 0. The molecule has 1 aliphatic rings. The van der Waals surface area contributed by atoms with Gasteiger partial charge < -0.3 is 5.11 Å². The van der Waals surface area contributed by atoms with Gasteiger partial charge in [-0.25, -0.2) is 0 Å². The molecule has 1 heteroatoms. The highest BCUT2D eigenvalue weighted by Crippen LogP contribution is 2.40. The third-order valence-corrected chi connectivity index (χ3v) is 4.35. The fourth-order valence-electron chi connectivity index (χ4n) is 3.02. The quantitative estimate of drug-likeness (QED) is 0.771. The fourth-order valence-corrected chi connectivity index (χ4v) is 3.02. The van der Waals surface area contributed by atoms with Gasteiger partial charge in [0.25, 0.3) is 0 Å². The van der Waals surface area contributed by atoms with Crippen LogP contribution in [0.2, 0.25) is 0 Å². The monoisotopic (exact) mass is 294 g/mol. The molecule has 0 heterocycles. The molecule has 1 aromatic rings. The Bertz CT molecular complexity index is 633. The zero-order valence-electron chi connectivity index (χ0n) is 14.1. The summed E-state index contributed by atoms with van der Waals surface area (Å²) in [6.07, 6.45) is 7.51. The average Bonchev–Trinajstić information content (AvgIpc) is 2.45. The Labute approximate surface area is 134 Å². The van der Waals surface area contributed by atoms with Gasteiger partial charge in [-0.15, -0.1) is 0 Å². The molecule has 1 aromatic carbocycles. The third-order valence-electron chi connectivity index (χ3n) is 4.35. The molecule has 1 aliphatic carbocycles. The second-order valence-electron chi connectivity index (χ2n) is 7.03. The van der Waals surface area contributed by atoms with Gasteiger partial charge in [-0.3, -0.25) is 0 Å². The molecule has 1 nitrogen and oxygen atoms in total. The zero-order chi connectivity index (χ0) is 16.2. The highest BCUT2D eigenvalue weighted by Gasteiger charge is 2.27. The summed E-state index contributed by atoms with van der Waals surface area (Å²) in [4.78, 5) is 0. The molecule has 1 N–H and O–H groups in total. The molecule has 0 amide bonds. The van der Waals surface area contributed by atoms with Crippen molar-refractivity contribution in [3.8, 4) is 11.8 Å². The van der Waals surface area contributed by atoms with E-state index >= 15 is 0 Å². The summed E-state index contributed by atoms with van der Waals surface area (Å²) in [5.41, 5.74) is 2.77. The van der Waals surface area contributed by atoms with E-state index in [1.165, 1.54) is 24.0 Å².